The molecular weight excluding hydrogens is 270 g/mol. The summed E-state index contributed by atoms with van der Waals surface area (Å²) in [5.41, 5.74) is 2.16. The summed E-state index contributed by atoms with van der Waals surface area (Å²) in [4.78, 5) is 12.3. The molecule has 4 rings (SSSR count). The molecule has 0 aromatic heterocycles. The Kier molecular flexibility index (Phi) is 2.54. The van der Waals surface area contributed by atoms with Crippen molar-refractivity contribution in [1.29, 1.82) is 0 Å². The molecule has 106 valence electrons. The third kappa shape index (κ3) is 1.81. The SMILES string of the molecule is O=C1Nc2ccccc2[C@@H]1c1cc2c(cc1O)OCCO2. The second-order valence-corrected chi connectivity index (χ2v) is 5.06. The molecule has 2 aromatic carbocycles. The molecule has 21 heavy (non-hydrogen) atoms. The van der Waals surface area contributed by atoms with Crippen molar-refractivity contribution in [3.63, 3.8) is 0 Å². The lowest BCUT2D eigenvalue weighted by Gasteiger charge is -2.21. The quantitative estimate of drug-likeness (QED) is 0.842. The number of nitrogens with one attached hydrogen (secondary N) is 1. The van der Waals surface area contributed by atoms with Crippen LogP contribution < -0.4 is 14.8 Å². The van der Waals surface area contributed by atoms with E-state index in [0.29, 0.717) is 30.3 Å². The predicted molar refractivity (Wildman–Crippen MR) is 76.0 cm³/mol. The normalized spacial score (nSPS) is 19.0. The number of ether oxygens (including phenoxy) is 2. The minimum atomic E-state index is -0.531. The first-order valence-electron chi connectivity index (χ1n) is 6.76. The van der Waals surface area contributed by atoms with Gasteiger partial charge in [0.2, 0.25) is 5.91 Å². The van der Waals surface area contributed by atoms with Crippen molar-refractivity contribution in [1.82, 2.24) is 0 Å². The van der Waals surface area contributed by atoms with Crippen LogP contribution in [0, 0.1) is 0 Å². The van der Waals surface area contributed by atoms with Crippen molar-refractivity contribution >= 4 is 11.6 Å². The summed E-state index contributed by atoms with van der Waals surface area (Å²) in [7, 11) is 0. The smallest absolute Gasteiger partial charge is 0.236 e. The van der Waals surface area contributed by atoms with Gasteiger partial charge in [0.1, 0.15) is 19.0 Å². The maximum Gasteiger partial charge on any atom is 0.236 e. The highest BCUT2D eigenvalue weighted by atomic mass is 16.6. The number of phenolic OH excluding ortho intramolecular Hbond substituents is 1. The topological polar surface area (TPSA) is 67.8 Å². The zero-order chi connectivity index (χ0) is 14.4. The monoisotopic (exact) mass is 283 g/mol. The second kappa shape index (κ2) is 4.41. The van der Waals surface area contributed by atoms with E-state index >= 15 is 0 Å². The molecule has 0 fully saturated rings. The van der Waals surface area contributed by atoms with Gasteiger partial charge in [0.15, 0.2) is 11.5 Å². The van der Waals surface area contributed by atoms with Crippen molar-refractivity contribution in [2.75, 3.05) is 18.5 Å². The first-order valence-corrected chi connectivity index (χ1v) is 6.76. The number of amides is 1. The minimum Gasteiger partial charge on any atom is -0.507 e. The number of carbonyl (C=O) groups excluding carboxylic acids is 1. The van der Waals surface area contributed by atoms with Crippen LogP contribution in [0.4, 0.5) is 5.69 Å². The molecule has 0 unspecified atom stereocenters. The Morgan fingerprint density at radius 1 is 1.05 bits per heavy atom. The molecule has 2 aliphatic heterocycles. The van der Waals surface area contributed by atoms with Gasteiger partial charge >= 0.3 is 0 Å². The van der Waals surface area contributed by atoms with E-state index in [0.717, 1.165) is 11.3 Å². The second-order valence-electron chi connectivity index (χ2n) is 5.06. The van der Waals surface area contributed by atoms with Gasteiger partial charge in [-0.25, -0.2) is 0 Å². The number of carbonyl (C=O) groups is 1. The van der Waals surface area contributed by atoms with Crippen molar-refractivity contribution in [2.45, 2.75) is 5.92 Å². The lowest BCUT2D eigenvalue weighted by Crippen LogP contribution is -2.17. The number of fused-ring (bicyclic) bond motifs is 2. The molecule has 0 aliphatic carbocycles. The van der Waals surface area contributed by atoms with Gasteiger partial charge in [-0.05, 0) is 17.7 Å². The molecule has 5 heteroatoms. The van der Waals surface area contributed by atoms with Crippen molar-refractivity contribution in [3.05, 3.63) is 47.5 Å². The van der Waals surface area contributed by atoms with E-state index in [4.69, 9.17) is 9.47 Å². The van der Waals surface area contributed by atoms with Gasteiger partial charge in [-0.1, -0.05) is 18.2 Å². The molecule has 1 atom stereocenters. The fourth-order valence-electron chi connectivity index (χ4n) is 2.84. The van der Waals surface area contributed by atoms with Gasteiger partial charge in [-0.15, -0.1) is 0 Å². The Bertz CT molecular complexity index is 741. The number of aromatic hydroxyl groups is 1. The number of para-hydroxylation sites is 1. The average molecular weight is 283 g/mol. The van der Waals surface area contributed by atoms with Crippen LogP contribution in [0.3, 0.4) is 0 Å². The summed E-state index contributed by atoms with van der Waals surface area (Å²) in [6.45, 7) is 0.920. The average Bonchev–Trinajstić information content (AvgIpc) is 2.82. The van der Waals surface area contributed by atoms with Crippen LogP contribution in [-0.2, 0) is 4.79 Å². The summed E-state index contributed by atoms with van der Waals surface area (Å²) in [6, 6.07) is 10.7. The highest BCUT2D eigenvalue weighted by Crippen LogP contribution is 2.44. The highest BCUT2D eigenvalue weighted by Gasteiger charge is 2.34. The Morgan fingerprint density at radius 2 is 1.76 bits per heavy atom. The van der Waals surface area contributed by atoms with Crippen LogP contribution in [0.5, 0.6) is 17.2 Å². The van der Waals surface area contributed by atoms with E-state index in [-0.39, 0.29) is 11.7 Å². The third-order valence-corrected chi connectivity index (χ3v) is 3.79. The Morgan fingerprint density at radius 3 is 2.57 bits per heavy atom. The van der Waals surface area contributed by atoms with Gasteiger partial charge in [0.05, 0.1) is 5.92 Å². The number of phenols is 1. The first kappa shape index (κ1) is 12.1. The molecule has 2 heterocycles. The number of rotatable bonds is 1. The van der Waals surface area contributed by atoms with Gasteiger partial charge in [0, 0.05) is 17.3 Å². The summed E-state index contributed by atoms with van der Waals surface area (Å²) in [6.07, 6.45) is 0. The minimum absolute atomic E-state index is 0.0381. The van der Waals surface area contributed by atoms with Crippen LogP contribution in [0.2, 0.25) is 0 Å². The lowest BCUT2D eigenvalue weighted by atomic mass is 9.91. The lowest BCUT2D eigenvalue weighted by molar-refractivity contribution is -0.116. The standard InChI is InChI=1S/C16H13NO4/c18-12-8-14-13(20-5-6-21-14)7-10(12)15-9-3-1-2-4-11(9)17-16(15)19/h1-4,7-8,15,18H,5-6H2,(H,17,19)/t15-/m1/s1. The molecule has 1 amide bonds. The molecule has 0 bridgehead atoms. The third-order valence-electron chi connectivity index (χ3n) is 3.79. The summed E-state index contributed by atoms with van der Waals surface area (Å²) < 4.78 is 11.0. The maximum absolute atomic E-state index is 12.3. The van der Waals surface area contributed by atoms with E-state index in [1.165, 1.54) is 6.07 Å². The van der Waals surface area contributed by atoms with E-state index in [1.807, 2.05) is 24.3 Å². The molecule has 2 aromatic rings. The zero-order valence-corrected chi connectivity index (χ0v) is 11.1. The zero-order valence-electron chi connectivity index (χ0n) is 11.1. The Balaban J connectivity index is 1.85. The van der Waals surface area contributed by atoms with E-state index in [2.05, 4.69) is 5.32 Å². The van der Waals surface area contributed by atoms with Gasteiger partial charge in [-0.2, -0.15) is 0 Å². The number of anilines is 1. The van der Waals surface area contributed by atoms with Crippen LogP contribution >= 0.6 is 0 Å². The molecule has 0 spiro atoms. The van der Waals surface area contributed by atoms with Gasteiger partial charge < -0.3 is 19.9 Å². The fourth-order valence-corrected chi connectivity index (χ4v) is 2.84. The van der Waals surface area contributed by atoms with E-state index < -0.39 is 5.92 Å². The molecule has 5 nitrogen and oxygen atoms in total. The largest absolute Gasteiger partial charge is 0.507 e. The Labute approximate surface area is 121 Å². The maximum atomic E-state index is 12.3. The van der Waals surface area contributed by atoms with Gasteiger partial charge in [-0.3, -0.25) is 4.79 Å². The number of benzene rings is 2. The van der Waals surface area contributed by atoms with Crippen molar-refractivity contribution in [3.8, 4) is 17.2 Å². The summed E-state index contributed by atoms with van der Waals surface area (Å²) in [5.74, 6) is 0.428. The number of hydrogen-bond acceptors (Lipinski definition) is 4. The van der Waals surface area contributed by atoms with Gasteiger partial charge in [0.25, 0.3) is 0 Å². The van der Waals surface area contributed by atoms with Crippen LogP contribution in [0.25, 0.3) is 0 Å². The summed E-state index contributed by atoms with van der Waals surface area (Å²) >= 11 is 0. The van der Waals surface area contributed by atoms with E-state index in [1.54, 1.807) is 6.07 Å². The molecule has 2 aliphatic rings. The molecule has 2 N–H and O–H groups in total. The fraction of sp³-hybridized carbons (Fsp3) is 0.188. The summed E-state index contributed by atoms with van der Waals surface area (Å²) in [5, 5.41) is 13.1. The van der Waals surface area contributed by atoms with Crippen molar-refractivity contribution in [2.24, 2.45) is 0 Å². The molecule has 0 saturated carbocycles. The number of hydrogen-bond donors (Lipinski definition) is 2. The highest BCUT2D eigenvalue weighted by molar-refractivity contribution is 6.05. The van der Waals surface area contributed by atoms with Crippen LogP contribution in [0.1, 0.15) is 17.0 Å². The molecule has 0 saturated heterocycles. The van der Waals surface area contributed by atoms with E-state index in [9.17, 15) is 9.90 Å². The van der Waals surface area contributed by atoms with Crippen LogP contribution in [0.15, 0.2) is 36.4 Å². The first-order chi connectivity index (χ1) is 10.2. The Hall–Kier alpha value is -2.69. The predicted octanol–water partition coefficient (Wildman–Crippen LogP) is 2.25. The molecular formula is C16H13NO4. The van der Waals surface area contributed by atoms with Crippen molar-refractivity contribution < 1.29 is 19.4 Å². The van der Waals surface area contributed by atoms with Crippen LogP contribution in [-0.4, -0.2) is 24.2 Å². The molecule has 0 radical (unpaired) electrons.